The molecule has 88 valence electrons. The van der Waals surface area contributed by atoms with E-state index in [0.29, 0.717) is 5.82 Å². The number of likely N-dealkylation sites (N-methyl/N-ethyl adjacent to an activating group) is 1. The molecule has 0 saturated heterocycles. The number of aromatic nitrogens is 3. The summed E-state index contributed by atoms with van der Waals surface area (Å²) in [4.78, 5) is 17.4. The van der Waals surface area contributed by atoms with Crippen LogP contribution >= 0.6 is 32.6 Å². The molecule has 0 bridgehead atoms. The molecule has 0 unspecified atom stereocenters. The summed E-state index contributed by atoms with van der Waals surface area (Å²) in [5.74, 6) is 2.56. The maximum absolute atomic E-state index is 4.58. The Hall–Kier alpha value is -1.38. The van der Waals surface area contributed by atoms with Crippen molar-refractivity contribution in [3.05, 3.63) is 22.2 Å². The summed E-state index contributed by atoms with van der Waals surface area (Å²) in [5, 5.41) is 0.859. The number of rotatable bonds is 0. The molecule has 0 amide bonds. The van der Waals surface area contributed by atoms with Crippen LogP contribution in [-0.4, -0.2) is 27.2 Å². The van der Waals surface area contributed by atoms with Crippen molar-refractivity contribution in [3.63, 3.8) is 0 Å². The van der Waals surface area contributed by atoms with Gasteiger partial charge in [0.05, 0.1) is 4.91 Å². The predicted molar refractivity (Wildman–Crippen MR) is 75.8 cm³/mol. The second-order valence-corrected chi connectivity index (χ2v) is 6.64. The minimum absolute atomic E-state index is 0.684. The van der Waals surface area contributed by atoms with Crippen LogP contribution in [0.2, 0.25) is 0 Å². The fourth-order valence-electron chi connectivity index (χ4n) is 1.82. The Bertz CT molecular complexity index is 705. The van der Waals surface area contributed by atoms with E-state index in [1.807, 2.05) is 11.9 Å². The molecule has 5 nitrogen and oxygen atoms in total. The molecule has 2 aliphatic heterocycles. The van der Waals surface area contributed by atoms with Crippen molar-refractivity contribution < 1.29 is 0 Å². The van der Waals surface area contributed by atoms with Gasteiger partial charge < -0.3 is 4.90 Å². The van der Waals surface area contributed by atoms with Gasteiger partial charge in [0, 0.05) is 25.5 Å². The first-order chi connectivity index (χ1) is 8.83. The molecule has 0 spiro atoms. The van der Waals surface area contributed by atoms with Crippen molar-refractivity contribution in [2.75, 3.05) is 11.9 Å². The average Bonchev–Trinajstić information content (AvgIpc) is 2.86. The van der Waals surface area contributed by atoms with E-state index in [1.165, 1.54) is 15.4 Å². The Kier molecular flexibility index (Phi) is 2.23. The molecule has 0 fully saturated rings. The summed E-state index contributed by atoms with van der Waals surface area (Å²) in [6.07, 6.45) is 5.49. The first-order valence-electron chi connectivity index (χ1n) is 5.15. The number of aliphatic imine (C=N–C) groups is 1. The number of fused-ring (bicyclic) bond motifs is 3. The molecule has 18 heavy (non-hydrogen) atoms. The van der Waals surface area contributed by atoms with Crippen molar-refractivity contribution in [1.82, 2.24) is 14.3 Å². The molecule has 0 radical (unpaired) electrons. The predicted octanol–water partition coefficient (Wildman–Crippen LogP) is 2.90. The van der Waals surface area contributed by atoms with Crippen LogP contribution in [0.4, 0.5) is 11.6 Å². The molecule has 0 aromatic carbocycles. The van der Waals surface area contributed by atoms with Crippen LogP contribution in [0.15, 0.2) is 27.3 Å². The molecule has 4 heterocycles. The molecule has 0 atom stereocenters. The number of thioether (sulfide) groups is 1. The first kappa shape index (κ1) is 10.5. The molecule has 8 heteroatoms. The lowest BCUT2D eigenvalue weighted by Crippen LogP contribution is -2.31. The summed E-state index contributed by atoms with van der Waals surface area (Å²) < 4.78 is 4.40. The van der Waals surface area contributed by atoms with Crippen LogP contribution in [0.3, 0.4) is 0 Å². The molecule has 0 saturated carbocycles. The smallest absolute Gasteiger partial charge is 0.307 e. The average molecular weight is 292 g/mol. The summed E-state index contributed by atoms with van der Waals surface area (Å²) in [6, 6.07) is 0. The maximum Gasteiger partial charge on any atom is 0.325 e. The van der Waals surface area contributed by atoms with Gasteiger partial charge in [-0.15, -0.1) is 4.37 Å². The second kappa shape index (κ2) is 3.81. The number of hydrogen-bond donors (Lipinski definition) is 0. The van der Waals surface area contributed by atoms with Crippen LogP contribution in [0, 0.1) is 0 Å². The lowest BCUT2D eigenvalue weighted by atomic mass is 10.3. The largest absolute Gasteiger partial charge is 0.325 e. The summed E-state index contributed by atoms with van der Waals surface area (Å²) in [6.45, 7) is 0. The molecule has 4 rings (SSSR count). The zero-order chi connectivity index (χ0) is 12.1. The highest BCUT2D eigenvalue weighted by atomic mass is 32.9. The monoisotopic (exact) mass is 292 g/mol. The molecular weight excluding hydrogens is 286 g/mol. The van der Waals surface area contributed by atoms with E-state index in [0.717, 1.165) is 21.6 Å². The maximum atomic E-state index is 4.58. The van der Waals surface area contributed by atoms with E-state index < -0.39 is 0 Å². The SMILES string of the molecule is CN1C2=Nc3nccnc3SC2=Cc2[s+]snc21. The summed E-state index contributed by atoms with van der Waals surface area (Å²) in [7, 11) is 5.16. The fourth-order valence-corrected chi connectivity index (χ4v) is 4.68. The Balaban J connectivity index is 1.93. The molecule has 2 aromatic heterocycles. The van der Waals surface area contributed by atoms with Crippen LogP contribution in [0.5, 0.6) is 0 Å². The van der Waals surface area contributed by atoms with E-state index >= 15 is 0 Å². The van der Waals surface area contributed by atoms with Gasteiger partial charge in [-0.3, -0.25) is 0 Å². The third-order valence-electron chi connectivity index (χ3n) is 2.65. The highest BCUT2D eigenvalue weighted by molar-refractivity contribution is 8.04. The van der Waals surface area contributed by atoms with Gasteiger partial charge in [0.1, 0.15) is 5.03 Å². The minimum atomic E-state index is 0.684. The van der Waals surface area contributed by atoms with Gasteiger partial charge in [0.15, 0.2) is 11.7 Å². The number of hydrogen-bond acceptors (Lipinski definition) is 7. The highest BCUT2D eigenvalue weighted by Gasteiger charge is 2.34. The van der Waals surface area contributed by atoms with Crippen LogP contribution in [0.25, 0.3) is 6.08 Å². The third kappa shape index (κ3) is 1.43. The molecule has 2 aromatic rings. The number of anilines is 1. The van der Waals surface area contributed by atoms with Crippen molar-refractivity contribution in [3.8, 4) is 0 Å². The van der Waals surface area contributed by atoms with E-state index in [-0.39, 0.29) is 0 Å². The van der Waals surface area contributed by atoms with Gasteiger partial charge >= 0.3 is 10.3 Å². The highest BCUT2D eigenvalue weighted by Crippen LogP contribution is 2.44. The lowest BCUT2D eigenvalue weighted by Gasteiger charge is -2.25. The standard InChI is InChI=1S/C10H6N5S3/c1-15-8-5(4-6-9(15)14-18-17-6)16-10-7(13-8)11-2-3-12-10/h2-4H,1H3/q+1. The van der Waals surface area contributed by atoms with E-state index in [2.05, 4.69) is 25.4 Å². The summed E-state index contributed by atoms with van der Waals surface area (Å²) >= 11 is 1.61. The van der Waals surface area contributed by atoms with Crippen molar-refractivity contribution in [1.29, 1.82) is 0 Å². The Morgan fingerprint density at radius 2 is 2.17 bits per heavy atom. The molecule has 0 N–H and O–H groups in total. The molecule has 2 aliphatic rings. The van der Waals surface area contributed by atoms with E-state index in [4.69, 9.17) is 0 Å². The fraction of sp³-hybridized carbons (Fsp3) is 0.100. The first-order valence-corrected chi connectivity index (χ1v) is 8.07. The molecule has 0 aliphatic carbocycles. The number of nitrogens with zero attached hydrogens (tertiary/aromatic N) is 5. The van der Waals surface area contributed by atoms with E-state index in [1.54, 1.807) is 34.5 Å². The van der Waals surface area contributed by atoms with Gasteiger partial charge in [-0.25, -0.2) is 15.0 Å². The Labute approximate surface area is 114 Å². The quantitative estimate of drug-likeness (QED) is 0.552. The zero-order valence-corrected chi connectivity index (χ0v) is 11.6. The lowest BCUT2D eigenvalue weighted by molar-refractivity contribution is 1.03. The van der Waals surface area contributed by atoms with Gasteiger partial charge in [0.2, 0.25) is 5.82 Å². The van der Waals surface area contributed by atoms with Gasteiger partial charge in [-0.1, -0.05) is 11.8 Å². The minimum Gasteiger partial charge on any atom is -0.307 e. The second-order valence-electron chi connectivity index (χ2n) is 3.73. The molecular formula is C10H6N5S3+. The van der Waals surface area contributed by atoms with Gasteiger partial charge in [0.25, 0.3) is 15.4 Å². The van der Waals surface area contributed by atoms with Crippen LogP contribution in [-0.2, 0) is 0 Å². The van der Waals surface area contributed by atoms with Crippen molar-refractivity contribution in [2.24, 2.45) is 4.99 Å². The third-order valence-corrected chi connectivity index (χ3v) is 5.44. The zero-order valence-electron chi connectivity index (χ0n) is 9.19. The van der Waals surface area contributed by atoms with Gasteiger partial charge in [-0.2, -0.15) is 0 Å². The van der Waals surface area contributed by atoms with Gasteiger partial charge in [-0.05, 0) is 0 Å². The van der Waals surface area contributed by atoms with Crippen LogP contribution < -0.4 is 4.90 Å². The topological polar surface area (TPSA) is 54.3 Å². The van der Waals surface area contributed by atoms with E-state index in [9.17, 15) is 0 Å². The number of amidine groups is 1. The van der Waals surface area contributed by atoms with Crippen LogP contribution in [0.1, 0.15) is 4.88 Å². The van der Waals surface area contributed by atoms with Crippen molar-refractivity contribution in [2.45, 2.75) is 5.03 Å². The summed E-state index contributed by atoms with van der Waals surface area (Å²) in [5.41, 5.74) is 0. The van der Waals surface area contributed by atoms with Crippen molar-refractivity contribution >= 4 is 56.2 Å². The Morgan fingerprint density at radius 1 is 1.28 bits per heavy atom. The Morgan fingerprint density at radius 3 is 3.11 bits per heavy atom. The normalized spacial score (nSPS) is 16.4.